The number of aromatic nitrogens is 1. The molecular weight excluding hydrogens is 402 g/mol. The van der Waals surface area contributed by atoms with Crippen LogP contribution in [0.1, 0.15) is 31.7 Å². The minimum absolute atomic E-state index is 0. The van der Waals surface area contributed by atoms with Crippen LogP contribution in [0.3, 0.4) is 0 Å². The summed E-state index contributed by atoms with van der Waals surface area (Å²) in [6.45, 7) is 5.80. The number of pyridine rings is 1. The zero-order chi connectivity index (χ0) is 19.4. The summed E-state index contributed by atoms with van der Waals surface area (Å²) in [6, 6.07) is 10.1. The number of nitrogens with one attached hydrogen (secondary N) is 2. The van der Waals surface area contributed by atoms with Crippen LogP contribution in [0.5, 0.6) is 11.8 Å². The van der Waals surface area contributed by atoms with Crippen molar-refractivity contribution in [3.63, 3.8) is 0 Å². The molecule has 1 aliphatic rings. The number of methoxy groups -OCH3 is 1. The van der Waals surface area contributed by atoms with Gasteiger partial charge in [-0.15, -0.1) is 12.4 Å². The van der Waals surface area contributed by atoms with Crippen LogP contribution in [0, 0.1) is 0 Å². The van der Waals surface area contributed by atoms with E-state index in [9.17, 15) is 8.42 Å². The van der Waals surface area contributed by atoms with E-state index < -0.39 is 10.0 Å². The summed E-state index contributed by atoms with van der Waals surface area (Å²) in [5, 5.41) is 3.22. The van der Waals surface area contributed by atoms with E-state index in [4.69, 9.17) is 9.47 Å². The highest BCUT2D eigenvalue weighted by Gasteiger charge is 2.20. The van der Waals surface area contributed by atoms with Crippen molar-refractivity contribution in [2.24, 2.45) is 0 Å². The molecule has 0 bridgehead atoms. The Morgan fingerprint density at radius 1 is 1.18 bits per heavy atom. The van der Waals surface area contributed by atoms with Crippen LogP contribution >= 0.6 is 12.4 Å². The van der Waals surface area contributed by atoms with E-state index in [1.54, 1.807) is 24.3 Å². The Bertz CT molecular complexity index is 883. The van der Waals surface area contributed by atoms with Crippen LogP contribution in [0.15, 0.2) is 41.3 Å². The van der Waals surface area contributed by atoms with Crippen molar-refractivity contribution < 1.29 is 17.9 Å². The lowest BCUT2D eigenvalue weighted by molar-refractivity contribution is 0.211. The Kier molecular flexibility index (Phi) is 7.51. The molecule has 1 unspecified atom stereocenters. The summed E-state index contributed by atoms with van der Waals surface area (Å²) in [4.78, 5) is 4.46. The smallest absolute Gasteiger partial charge is 0.262 e. The summed E-state index contributed by atoms with van der Waals surface area (Å²) in [7, 11) is -2.30. The highest BCUT2D eigenvalue weighted by atomic mass is 35.5. The monoisotopic (exact) mass is 427 g/mol. The van der Waals surface area contributed by atoms with Gasteiger partial charge in [-0.3, -0.25) is 4.72 Å². The molecule has 1 fully saturated rings. The highest BCUT2D eigenvalue weighted by molar-refractivity contribution is 7.92. The molecule has 0 aliphatic carbocycles. The van der Waals surface area contributed by atoms with Gasteiger partial charge in [-0.25, -0.2) is 8.42 Å². The fourth-order valence-corrected chi connectivity index (χ4v) is 3.91. The van der Waals surface area contributed by atoms with Crippen molar-refractivity contribution in [1.82, 2.24) is 10.3 Å². The van der Waals surface area contributed by atoms with Gasteiger partial charge in [-0.2, -0.15) is 4.98 Å². The van der Waals surface area contributed by atoms with Gasteiger partial charge in [0.25, 0.3) is 10.0 Å². The molecule has 1 atom stereocenters. The first-order chi connectivity index (χ1) is 12.9. The van der Waals surface area contributed by atoms with Crippen molar-refractivity contribution in [1.29, 1.82) is 0 Å². The number of nitrogens with zero attached hydrogens (tertiary/aromatic N) is 1. The van der Waals surface area contributed by atoms with Gasteiger partial charge < -0.3 is 14.8 Å². The molecule has 1 aromatic heterocycles. The van der Waals surface area contributed by atoms with Gasteiger partial charge in [0.1, 0.15) is 11.8 Å². The molecule has 1 saturated heterocycles. The average molecular weight is 428 g/mol. The Hall–Kier alpha value is -2.03. The summed E-state index contributed by atoms with van der Waals surface area (Å²) in [5.41, 5.74) is 1.35. The summed E-state index contributed by atoms with van der Waals surface area (Å²) >= 11 is 0. The predicted octanol–water partition coefficient (Wildman–Crippen LogP) is 3.18. The number of hydrogen-bond acceptors (Lipinski definition) is 6. The Morgan fingerprint density at radius 3 is 2.46 bits per heavy atom. The van der Waals surface area contributed by atoms with Gasteiger partial charge in [0, 0.05) is 12.6 Å². The molecule has 1 aliphatic heterocycles. The number of hydrogen-bond donors (Lipinski definition) is 2. The Balaban J connectivity index is 0.00000280. The highest BCUT2D eigenvalue weighted by Crippen LogP contribution is 2.28. The van der Waals surface area contributed by atoms with Gasteiger partial charge in [-0.05, 0) is 42.6 Å². The first kappa shape index (κ1) is 22.3. The SMILES string of the molecule is COc1nc(OC2CCNC2)ccc1NS(=O)(=O)c1ccc(C(C)C)cc1.Cl. The quantitative estimate of drug-likeness (QED) is 0.705. The minimum Gasteiger partial charge on any atom is -0.479 e. The van der Waals surface area contributed by atoms with Crippen LogP contribution in [-0.2, 0) is 10.0 Å². The molecule has 0 amide bonds. The maximum Gasteiger partial charge on any atom is 0.262 e. The molecule has 0 saturated carbocycles. The standard InChI is InChI=1S/C19H25N3O4S.ClH/c1-13(2)14-4-6-16(7-5-14)27(23,24)22-17-8-9-18(21-19(17)25-3)26-15-10-11-20-12-15;/h4-9,13,15,20,22H,10-12H2,1-3H3;1H. The minimum atomic E-state index is -3.74. The average Bonchev–Trinajstić information content (AvgIpc) is 3.16. The van der Waals surface area contributed by atoms with Gasteiger partial charge in [0.2, 0.25) is 11.8 Å². The fourth-order valence-electron chi connectivity index (χ4n) is 2.86. The molecule has 7 nitrogen and oxygen atoms in total. The van der Waals surface area contributed by atoms with Crippen molar-refractivity contribution >= 4 is 28.1 Å². The van der Waals surface area contributed by atoms with E-state index in [1.165, 1.54) is 7.11 Å². The van der Waals surface area contributed by atoms with Gasteiger partial charge in [0.05, 0.1) is 12.0 Å². The fraction of sp³-hybridized carbons (Fsp3) is 0.421. The summed E-state index contributed by atoms with van der Waals surface area (Å²) in [5.74, 6) is 0.909. The van der Waals surface area contributed by atoms with Crippen LogP contribution in [0.25, 0.3) is 0 Å². The lowest BCUT2D eigenvalue weighted by Crippen LogP contribution is -2.20. The molecule has 2 N–H and O–H groups in total. The van der Waals surface area contributed by atoms with Crippen molar-refractivity contribution in [2.45, 2.75) is 37.2 Å². The second kappa shape index (κ2) is 9.45. The van der Waals surface area contributed by atoms with Crippen LogP contribution in [0.4, 0.5) is 5.69 Å². The molecule has 2 heterocycles. The molecule has 28 heavy (non-hydrogen) atoms. The lowest BCUT2D eigenvalue weighted by atomic mass is 10.0. The van der Waals surface area contributed by atoms with E-state index in [-0.39, 0.29) is 35.0 Å². The maximum atomic E-state index is 12.7. The van der Waals surface area contributed by atoms with Crippen molar-refractivity contribution in [3.8, 4) is 11.8 Å². The molecular formula is C19H26ClN3O4S. The third-order valence-electron chi connectivity index (χ3n) is 4.43. The third-order valence-corrected chi connectivity index (χ3v) is 5.81. The van der Waals surface area contributed by atoms with E-state index in [2.05, 4.69) is 28.9 Å². The second-order valence-corrected chi connectivity index (χ2v) is 8.45. The van der Waals surface area contributed by atoms with Crippen LogP contribution in [0.2, 0.25) is 0 Å². The number of anilines is 1. The molecule has 1 aromatic carbocycles. The van der Waals surface area contributed by atoms with Gasteiger partial charge in [0.15, 0.2) is 0 Å². The summed E-state index contributed by atoms with van der Waals surface area (Å²) in [6.07, 6.45) is 0.967. The molecule has 154 valence electrons. The molecule has 9 heteroatoms. The Labute approximate surface area is 172 Å². The van der Waals surface area contributed by atoms with E-state index in [0.29, 0.717) is 11.8 Å². The third kappa shape index (κ3) is 5.27. The second-order valence-electron chi connectivity index (χ2n) is 6.77. The molecule has 0 spiro atoms. The topological polar surface area (TPSA) is 89.6 Å². The zero-order valence-corrected chi connectivity index (χ0v) is 17.8. The van der Waals surface area contributed by atoms with E-state index >= 15 is 0 Å². The van der Waals surface area contributed by atoms with E-state index in [1.807, 2.05) is 12.1 Å². The number of sulfonamides is 1. The molecule has 0 radical (unpaired) electrons. The summed E-state index contributed by atoms with van der Waals surface area (Å²) < 4.78 is 38.9. The van der Waals surface area contributed by atoms with Gasteiger partial charge in [-0.1, -0.05) is 26.0 Å². The zero-order valence-electron chi connectivity index (χ0n) is 16.1. The largest absolute Gasteiger partial charge is 0.479 e. The number of rotatable bonds is 7. The van der Waals surface area contributed by atoms with Crippen molar-refractivity contribution in [2.75, 3.05) is 24.9 Å². The normalized spacial score (nSPS) is 16.5. The number of ether oxygens (including phenoxy) is 2. The number of benzene rings is 1. The Morgan fingerprint density at radius 2 is 1.89 bits per heavy atom. The first-order valence-electron chi connectivity index (χ1n) is 8.94. The van der Waals surface area contributed by atoms with Crippen LogP contribution in [-0.4, -0.2) is 39.7 Å². The van der Waals surface area contributed by atoms with Crippen LogP contribution < -0.4 is 19.5 Å². The molecule has 3 rings (SSSR count). The maximum absolute atomic E-state index is 12.7. The lowest BCUT2D eigenvalue weighted by Gasteiger charge is -2.15. The molecule has 2 aromatic rings. The first-order valence-corrected chi connectivity index (χ1v) is 10.4. The van der Waals surface area contributed by atoms with Gasteiger partial charge >= 0.3 is 0 Å². The predicted molar refractivity (Wildman–Crippen MR) is 111 cm³/mol. The van der Waals surface area contributed by atoms with E-state index in [0.717, 1.165) is 25.1 Å². The van der Waals surface area contributed by atoms with Crippen molar-refractivity contribution in [3.05, 3.63) is 42.0 Å². The number of halogens is 1.